The SMILES string of the molecule is CC(C)(C)OC(=O)N(C(=O)O)c1c(F)cc(C(C)(C)C)c(NC(=O)c2cc(NC(=O)C3C(c4ccc(Cl)c(Br)c4)C3(Cl)Cl)ccc2Cl)c1F. The Morgan fingerprint density at radius 1 is 0.939 bits per heavy atom. The van der Waals surface area contributed by atoms with E-state index in [9.17, 15) is 24.3 Å². The van der Waals surface area contributed by atoms with Crippen LogP contribution in [0.15, 0.2) is 46.9 Å². The number of rotatable bonds is 6. The van der Waals surface area contributed by atoms with E-state index >= 15 is 8.78 Å². The van der Waals surface area contributed by atoms with Gasteiger partial charge in [-0.1, -0.05) is 50.0 Å². The van der Waals surface area contributed by atoms with Gasteiger partial charge < -0.3 is 20.5 Å². The van der Waals surface area contributed by atoms with Crippen molar-refractivity contribution in [1.82, 2.24) is 0 Å². The summed E-state index contributed by atoms with van der Waals surface area (Å²) >= 11 is 28.7. The van der Waals surface area contributed by atoms with E-state index in [4.69, 9.17) is 51.1 Å². The van der Waals surface area contributed by atoms with Crippen molar-refractivity contribution in [3.05, 3.63) is 85.3 Å². The molecule has 0 spiro atoms. The summed E-state index contributed by atoms with van der Waals surface area (Å²) in [5.41, 5.74) is -3.62. The molecule has 3 aromatic rings. The number of hydrogen-bond donors (Lipinski definition) is 3. The molecule has 0 bridgehead atoms. The number of benzene rings is 3. The van der Waals surface area contributed by atoms with Gasteiger partial charge >= 0.3 is 12.2 Å². The van der Waals surface area contributed by atoms with Crippen molar-refractivity contribution in [1.29, 1.82) is 0 Å². The second-order valence-corrected chi connectivity index (χ2v) is 16.3. The molecule has 1 aliphatic rings. The molecule has 1 saturated carbocycles. The van der Waals surface area contributed by atoms with Gasteiger partial charge in [0, 0.05) is 16.1 Å². The third-order valence-corrected chi connectivity index (χ3v) is 9.83. The van der Waals surface area contributed by atoms with Crippen molar-refractivity contribution in [2.45, 2.75) is 62.8 Å². The number of nitrogens with one attached hydrogen (secondary N) is 2. The topological polar surface area (TPSA) is 125 Å². The molecule has 2 atom stereocenters. The summed E-state index contributed by atoms with van der Waals surface area (Å²) in [6, 6.07) is 9.82. The molecule has 3 N–H and O–H groups in total. The van der Waals surface area contributed by atoms with Gasteiger partial charge in [0.25, 0.3) is 5.91 Å². The number of hydrogen-bond acceptors (Lipinski definition) is 5. The third kappa shape index (κ3) is 8.26. The van der Waals surface area contributed by atoms with Crippen LogP contribution in [-0.4, -0.2) is 39.0 Å². The van der Waals surface area contributed by atoms with Gasteiger partial charge in [-0.3, -0.25) is 9.59 Å². The Morgan fingerprint density at radius 2 is 1.55 bits per heavy atom. The van der Waals surface area contributed by atoms with Crippen LogP contribution in [0.5, 0.6) is 0 Å². The van der Waals surface area contributed by atoms with Gasteiger partial charge in [-0.05, 0) is 89.6 Å². The zero-order valence-corrected chi connectivity index (χ0v) is 31.4. The van der Waals surface area contributed by atoms with E-state index in [0.29, 0.717) is 15.1 Å². The minimum atomic E-state index is -2.03. The number of alkyl halides is 2. The number of imide groups is 1. The highest BCUT2D eigenvalue weighted by Gasteiger charge is 2.67. The fourth-order valence-electron chi connectivity index (χ4n) is 5.05. The van der Waals surface area contributed by atoms with Crippen LogP contribution in [-0.2, 0) is 14.9 Å². The maximum absolute atomic E-state index is 16.3. The quantitative estimate of drug-likeness (QED) is 0.213. The first-order valence-corrected chi connectivity index (χ1v) is 16.8. The lowest BCUT2D eigenvalue weighted by molar-refractivity contribution is -0.117. The van der Waals surface area contributed by atoms with Crippen LogP contribution in [0.2, 0.25) is 10.0 Å². The largest absolute Gasteiger partial charge is 0.464 e. The van der Waals surface area contributed by atoms with Gasteiger partial charge in [-0.2, -0.15) is 4.90 Å². The molecular formula is C33H30BrCl4F2N3O6. The summed E-state index contributed by atoms with van der Waals surface area (Å²) in [7, 11) is 0. The van der Waals surface area contributed by atoms with E-state index < -0.39 is 74.2 Å². The Bertz CT molecular complexity index is 1880. The highest BCUT2D eigenvalue weighted by molar-refractivity contribution is 9.10. The second kappa shape index (κ2) is 13.9. The van der Waals surface area contributed by atoms with E-state index in [2.05, 4.69) is 26.6 Å². The first-order valence-electron chi connectivity index (χ1n) is 14.5. The molecule has 1 aliphatic carbocycles. The van der Waals surface area contributed by atoms with E-state index in [0.717, 1.165) is 6.07 Å². The Labute approximate surface area is 309 Å². The summed E-state index contributed by atoms with van der Waals surface area (Å²) in [5, 5.41) is 15.1. The van der Waals surface area contributed by atoms with Gasteiger partial charge in [0.2, 0.25) is 5.91 Å². The van der Waals surface area contributed by atoms with Gasteiger partial charge in [0.15, 0.2) is 11.6 Å². The number of nitrogens with zero attached hydrogens (tertiary/aromatic N) is 1. The molecule has 2 unspecified atom stereocenters. The normalized spacial score (nSPS) is 16.8. The van der Waals surface area contributed by atoms with E-state index in [-0.39, 0.29) is 26.7 Å². The summed E-state index contributed by atoms with van der Waals surface area (Å²) < 4.78 is 35.9. The lowest BCUT2D eigenvalue weighted by atomic mass is 9.85. The van der Waals surface area contributed by atoms with Crippen molar-refractivity contribution in [3.63, 3.8) is 0 Å². The molecule has 4 amide bonds. The molecular weight excluding hydrogens is 794 g/mol. The first-order chi connectivity index (χ1) is 22.5. The minimum Gasteiger partial charge on any atom is -0.464 e. The van der Waals surface area contributed by atoms with E-state index in [1.54, 1.807) is 39.0 Å². The number of amides is 4. The summed E-state index contributed by atoms with van der Waals surface area (Å²) in [4.78, 5) is 51.5. The number of carboxylic acid groups (broad SMARTS) is 1. The summed E-state index contributed by atoms with van der Waals surface area (Å²) in [6.45, 7) is 9.12. The highest BCUT2D eigenvalue weighted by atomic mass is 79.9. The van der Waals surface area contributed by atoms with E-state index in [1.165, 1.54) is 39.0 Å². The molecule has 9 nitrogen and oxygen atoms in total. The molecule has 262 valence electrons. The van der Waals surface area contributed by atoms with Crippen LogP contribution < -0.4 is 15.5 Å². The Morgan fingerprint density at radius 3 is 2.10 bits per heavy atom. The van der Waals surface area contributed by atoms with Crippen LogP contribution >= 0.6 is 62.3 Å². The Balaban J connectivity index is 1.68. The fraction of sp³-hybridized carbons (Fsp3) is 0.333. The average Bonchev–Trinajstić information content (AvgIpc) is 3.54. The van der Waals surface area contributed by atoms with Crippen molar-refractivity contribution < 1.29 is 37.8 Å². The maximum atomic E-state index is 16.3. The maximum Gasteiger partial charge on any atom is 0.424 e. The van der Waals surface area contributed by atoms with Crippen LogP contribution in [0.4, 0.5) is 35.4 Å². The smallest absolute Gasteiger partial charge is 0.424 e. The van der Waals surface area contributed by atoms with Crippen LogP contribution in [0, 0.1) is 17.6 Å². The third-order valence-electron chi connectivity index (χ3n) is 7.35. The highest BCUT2D eigenvalue weighted by Crippen LogP contribution is 2.65. The monoisotopic (exact) mass is 821 g/mol. The first kappa shape index (κ1) is 38.6. The zero-order chi connectivity index (χ0) is 37.0. The molecule has 0 heterocycles. The molecule has 4 rings (SSSR count). The number of carbonyl (C=O) groups excluding carboxylic acids is 3. The lowest BCUT2D eigenvalue weighted by Gasteiger charge is -2.28. The number of ether oxygens (including phenoxy) is 1. The molecule has 0 aromatic heterocycles. The van der Waals surface area contributed by atoms with Crippen LogP contribution in [0.25, 0.3) is 0 Å². The van der Waals surface area contributed by atoms with Crippen molar-refractivity contribution in [3.8, 4) is 0 Å². The fourth-order valence-corrected chi connectivity index (χ4v) is 6.60. The molecule has 0 radical (unpaired) electrons. The molecule has 3 aromatic carbocycles. The van der Waals surface area contributed by atoms with Gasteiger partial charge in [0.1, 0.15) is 15.6 Å². The van der Waals surface area contributed by atoms with Crippen molar-refractivity contribution in [2.24, 2.45) is 5.92 Å². The lowest BCUT2D eigenvalue weighted by Crippen LogP contribution is -2.41. The molecule has 1 fully saturated rings. The molecule has 49 heavy (non-hydrogen) atoms. The van der Waals surface area contributed by atoms with Gasteiger partial charge in [-0.25, -0.2) is 18.4 Å². The van der Waals surface area contributed by atoms with Gasteiger partial charge in [-0.15, -0.1) is 23.2 Å². The zero-order valence-electron chi connectivity index (χ0n) is 26.8. The number of anilines is 3. The second-order valence-electron chi connectivity index (χ2n) is 13.2. The summed E-state index contributed by atoms with van der Waals surface area (Å²) in [5.74, 6) is -5.95. The van der Waals surface area contributed by atoms with E-state index in [1.807, 2.05) is 0 Å². The standard InChI is InChI=1S/C33H30BrCl4F2N3O6/c1-31(2,3)17-13-21(39)26(43(29(46)47)30(48)49-32(4,5)6)24(40)25(17)42-27(44)16-12-15(8-10-19(16)35)41-28(45)23-22(33(23,37)38)14-7-9-20(36)18(34)11-14/h7-13,22-23H,1-6H3,(H,41,45)(H,42,44)(H,46,47). The van der Waals surface area contributed by atoms with Crippen LogP contribution in [0.1, 0.15) is 68.9 Å². The molecule has 0 saturated heterocycles. The minimum absolute atomic E-state index is 0.0658. The van der Waals surface area contributed by atoms with Crippen molar-refractivity contribution >= 4 is 103 Å². The summed E-state index contributed by atoms with van der Waals surface area (Å²) in [6.07, 6.45) is -3.59. The van der Waals surface area contributed by atoms with Crippen LogP contribution in [0.3, 0.4) is 0 Å². The predicted octanol–water partition coefficient (Wildman–Crippen LogP) is 10.5. The average molecular weight is 824 g/mol. The Kier molecular flexibility index (Phi) is 10.9. The molecule has 16 heteroatoms. The predicted molar refractivity (Wildman–Crippen MR) is 190 cm³/mol. The van der Waals surface area contributed by atoms with Gasteiger partial charge in [0.05, 0.1) is 27.2 Å². The Hall–Kier alpha value is -3.16. The number of carbonyl (C=O) groups is 4. The van der Waals surface area contributed by atoms with Crippen molar-refractivity contribution in [2.75, 3.05) is 15.5 Å². The number of halogens is 7. The molecule has 0 aliphatic heterocycles.